The summed E-state index contributed by atoms with van der Waals surface area (Å²) in [6.45, 7) is 3.98. The number of ketones is 1. The van der Waals surface area contributed by atoms with Crippen LogP contribution in [0.4, 0.5) is 5.69 Å². The number of hydrogen-bond donors (Lipinski definition) is 0. The van der Waals surface area contributed by atoms with Crippen molar-refractivity contribution in [1.82, 2.24) is 9.88 Å². The van der Waals surface area contributed by atoms with Crippen LogP contribution in [0.25, 0.3) is 0 Å². The molecule has 0 saturated carbocycles. The third-order valence-corrected chi connectivity index (χ3v) is 3.85. The molecular formula is C15H23N3O. The number of Topliss-reactive ketones (excluding diaryl/α,β-unsaturated/α-hetero) is 1. The molecule has 1 unspecified atom stereocenters. The van der Waals surface area contributed by atoms with Crippen LogP contribution >= 0.6 is 0 Å². The maximum atomic E-state index is 11.6. The van der Waals surface area contributed by atoms with Gasteiger partial charge in [-0.15, -0.1) is 0 Å². The molecule has 0 radical (unpaired) electrons. The van der Waals surface area contributed by atoms with Crippen LogP contribution in [0.5, 0.6) is 0 Å². The van der Waals surface area contributed by atoms with E-state index in [4.69, 9.17) is 0 Å². The highest BCUT2D eigenvalue weighted by atomic mass is 16.1. The Bertz CT molecular complexity index is 428. The molecule has 0 N–H and O–H groups in total. The summed E-state index contributed by atoms with van der Waals surface area (Å²) < 4.78 is 0. The summed E-state index contributed by atoms with van der Waals surface area (Å²) in [7, 11) is 4.27. The number of aromatic nitrogens is 1. The minimum absolute atomic E-state index is 0.108. The Kier molecular flexibility index (Phi) is 4.53. The zero-order chi connectivity index (χ0) is 13.8. The number of hydrogen-bond acceptors (Lipinski definition) is 4. The van der Waals surface area contributed by atoms with Gasteiger partial charge in [0.15, 0.2) is 5.78 Å². The zero-order valence-electron chi connectivity index (χ0n) is 12.1. The van der Waals surface area contributed by atoms with Crippen molar-refractivity contribution in [3.63, 3.8) is 0 Å². The first-order valence-corrected chi connectivity index (χ1v) is 7.02. The number of nitrogens with zero attached hydrogens (tertiary/aromatic N) is 3. The molecule has 0 aliphatic carbocycles. The highest BCUT2D eigenvalue weighted by Crippen LogP contribution is 2.21. The molecule has 19 heavy (non-hydrogen) atoms. The average molecular weight is 261 g/mol. The molecule has 1 saturated heterocycles. The summed E-state index contributed by atoms with van der Waals surface area (Å²) in [6.07, 6.45) is 4.81. The minimum Gasteiger partial charge on any atom is -0.369 e. The first kappa shape index (κ1) is 14.0. The van der Waals surface area contributed by atoms with Crippen molar-refractivity contribution in [2.45, 2.75) is 32.2 Å². The fraction of sp³-hybridized carbons (Fsp3) is 0.600. The van der Waals surface area contributed by atoms with Crippen molar-refractivity contribution in [2.24, 2.45) is 0 Å². The number of likely N-dealkylation sites (N-methyl/N-ethyl adjacent to an activating group) is 1. The molecule has 1 aliphatic rings. The van der Waals surface area contributed by atoms with Crippen LogP contribution in [0.3, 0.4) is 0 Å². The van der Waals surface area contributed by atoms with Crippen LogP contribution < -0.4 is 4.90 Å². The maximum absolute atomic E-state index is 11.6. The minimum atomic E-state index is 0.108. The van der Waals surface area contributed by atoms with Gasteiger partial charge in [-0.1, -0.05) is 6.92 Å². The SMILES string of the molecule is CCC(=O)c1ccc(N2CCCC(N(C)C)C2)cn1. The van der Waals surface area contributed by atoms with E-state index in [2.05, 4.69) is 28.9 Å². The van der Waals surface area contributed by atoms with Gasteiger partial charge in [-0.2, -0.15) is 0 Å². The molecule has 0 aromatic carbocycles. The largest absolute Gasteiger partial charge is 0.369 e. The maximum Gasteiger partial charge on any atom is 0.180 e. The molecular weight excluding hydrogens is 238 g/mol. The van der Waals surface area contributed by atoms with Gasteiger partial charge in [0, 0.05) is 25.6 Å². The smallest absolute Gasteiger partial charge is 0.180 e. The second-order valence-corrected chi connectivity index (χ2v) is 5.38. The summed E-state index contributed by atoms with van der Waals surface area (Å²) in [5, 5.41) is 0. The third-order valence-electron chi connectivity index (χ3n) is 3.85. The summed E-state index contributed by atoms with van der Waals surface area (Å²) in [5.74, 6) is 0.108. The standard InChI is InChI=1S/C15H23N3O/c1-4-15(19)14-8-7-12(10-16-14)18-9-5-6-13(11-18)17(2)3/h7-8,10,13H,4-6,9,11H2,1-3H3. The summed E-state index contributed by atoms with van der Waals surface area (Å²) >= 11 is 0. The lowest BCUT2D eigenvalue weighted by molar-refractivity contribution is 0.0983. The lowest BCUT2D eigenvalue weighted by Crippen LogP contribution is -2.45. The van der Waals surface area contributed by atoms with Gasteiger partial charge >= 0.3 is 0 Å². The van der Waals surface area contributed by atoms with Crippen molar-refractivity contribution in [3.05, 3.63) is 24.0 Å². The van der Waals surface area contributed by atoms with E-state index in [9.17, 15) is 4.79 Å². The lowest BCUT2D eigenvalue weighted by Gasteiger charge is -2.37. The van der Waals surface area contributed by atoms with Crippen molar-refractivity contribution in [3.8, 4) is 0 Å². The van der Waals surface area contributed by atoms with E-state index in [1.54, 1.807) is 0 Å². The Morgan fingerprint density at radius 3 is 2.84 bits per heavy atom. The lowest BCUT2D eigenvalue weighted by atomic mass is 10.0. The molecule has 2 heterocycles. The van der Waals surface area contributed by atoms with Gasteiger partial charge in [-0.3, -0.25) is 9.78 Å². The van der Waals surface area contributed by atoms with Crippen molar-refractivity contribution < 1.29 is 4.79 Å². The number of anilines is 1. The monoisotopic (exact) mass is 261 g/mol. The van der Waals surface area contributed by atoms with Crippen LogP contribution in [0.15, 0.2) is 18.3 Å². The van der Waals surface area contributed by atoms with Crippen molar-refractivity contribution >= 4 is 11.5 Å². The predicted molar refractivity (Wildman–Crippen MR) is 77.8 cm³/mol. The Labute approximate surface area is 115 Å². The molecule has 0 spiro atoms. The van der Waals surface area contributed by atoms with Gasteiger partial charge in [0.05, 0.1) is 11.9 Å². The zero-order valence-corrected chi connectivity index (χ0v) is 12.1. The van der Waals surface area contributed by atoms with E-state index in [0.717, 1.165) is 18.8 Å². The highest BCUT2D eigenvalue weighted by molar-refractivity contribution is 5.94. The average Bonchev–Trinajstić information content (AvgIpc) is 2.46. The molecule has 1 aliphatic heterocycles. The van der Waals surface area contributed by atoms with E-state index >= 15 is 0 Å². The van der Waals surface area contributed by atoms with E-state index in [1.807, 2.05) is 25.3 Å². The summed E-state index contributed by atoms with van der Waals surface area (Å²) in [6, 6.07) is 4.47. The molecule has 1 fully saturated rings. The van der Waals surface area contributed by atoms with E-state index in [-0.39, 0.29) is 5.78 Å². The summed E-state index contributed by atoms with van der Waals surface area (Å²) in [4.78, 5) is 20.5. The van der Waals surface area contributed by atoms with Crippen LogP contribution in [0.1, 0.15) is 36.7 Å². The summed E-state index contributed by atoms with van der Waals surface area (Å²) in [5.41, 5.74) is 1.70. The quantitative estimate of drug-likeness (QED) is 0.779. The van der Waals surface area contributed by atoms with Gasteiger partial charge in [0.2, 0.25) is 0 Å². The fourth-order valence-corrected chi connectivity index (χ4v) is 2.53. The van der Waals surface area contributed by atoms with E-state index < -0.39 is 0 Å². The molecule has 1 atom stereocenters. The molecule has 0 amide bonds. The normalized spacial score (nSPS) is 19.8. The van der Waals surface area contributed by atoms with Gasteiger partial charge in [-0.05, 0) is 39.1 Å². The number of pyridine rings is 1. The van der Waals surface area contributed by atoms with Crippen molar-refractivity contribution in [2.75, 3.05) is 32.1 Å². The molecule has 1 aromatic rings. The second kappa shape index (κ2) is 6.15. The van der Waals surface area contributed by atoms with Gasteiger partial charge in [0.25, 0.3) is 0 Å². The third kappa shape index (κ3) is 3.32. The Morgan fingerprint density at radius 2 is 2.26 bits per heavy atom. The fourth-order valence-electron chi connectivity index (χ4n) is 2.53. The number of rotatable bonds is 4. The molecule has 104 valence electrons. The van der Waals surface area contributed by atoms with Gasteiger partial charge < -0.3 is 9.80 Å². The number of carbonyl (C=O) groups is 1. The number of carbonyl (C=O) groups excluding carboxylic acids is 1. The predicted octanol–water partition coefficient (Wildman–Crippen LogP) is 2.20. The van der Waals surface area contributed by atoms with E-state index in [1.165, 1.54) is 12.8 Å². The Balaban J connectivity index is 2.07. The van der Waals surface area contributed by atoms with Gasteiger partial charge in [-0.25, -0.2) is 0 Å². The topological polar surface area (TPSA) is 36.4 Å². The Morgan fingerprint density at radius 1 is 1.47 bits per heavy atom. The van der Waals surface area contributed by atoms with Gasteiger partial charge in [0.1, 0.15) is 5.69 Å². The van der Waals surface area contributed by atoms with Crippen LogP contribution in [-0.4, -0.2) is 48.9 Å². The number of piperidine rings is 1. The molecule has 1 aromatic heterocycles. The molecule has 0 bridgehead atoms. The molecule has 4 heteroatoms. The van der Waals surface area contributed by atoms with Crippen LogP contribution in [0, 0.1) is 0 Å². The highest BCUT2D eigenvalue weighted by Gasteiger charge is 2.21. The van der Waals surface area contributed by atoms with E-state index in [0.29, 0.717) is 18.2 Å². The van der Waals surface area contributed by atoms with Crippen LogP contribution in [-0.2, 0) is 0 Å². The Hall–Kier alpha value is -1.42. The first-order chi connectivity index (χ1) is 9.11. The van der Waals surface area contributed by atoms with Crippen LogP contribution in [0.2, 0.25) is 0 Å². The second-order valence-electron chi connectivity index (χ2n) is 5.38. The molecule has 2 rings (SSSR count). The molecule has 4 nitrogen and oxygen atoms in total. The van der Waals surface area contributed by atoms with Crippen molar-refractivity contribution in [1.29, 1.82) is 0 Å². The first-order valence-electron chi connectivity index (χ1n) is 7.02.